The van der Waals surface area contributed by atoms with Crippen molar-refractivity contribution in [1.82, 2.24) is 14.4 Å². The molecule has 2 aromatic carbocycles. The molecule has 38 heavy (non-hydrogen) atoms. The van der Waals surface area contributed by atoms with Crippen LogP contribution in [0.1, 0.15) is 33.3 Å². The standard InChI is InChI=1S/C29H29ClN4O3S/c1-32-14-12-21-22-16-34(29(35)31-23-15-19(30)8-11-25(23)37-3)27(18-6-9-20(36-2)10-7-18)24-5-4-13-33(24)28(22)38-26(21)17-32/h4-11,13,15,27H,12,14,16-17H2,1-3H3,(H,31,35)/t27-/m1/s1. The van der Waals surface area contributed by atoms with Gasteiger partial charge in [0.2, 0.25) is 0 Å². The fourth-order valence-electron chi connectivity index (χ4n) is 5.45. The summed E-state index contributed by atoms with van der Waals surface area (Å²) in [7, 11) is 5.40. The summed E-state index contributed by atoms with van der Waals surface area (Å²) in [6.45, 7) is 2.41. The molecule has 4 aromatic rings. The van der Waals surface area contributed by atoms with Crippen LogP contribution in [0.15, 0.2) is 60.8 Å². The summed E-state index contributed by atoms with van der Waals surface area (Å²) in [6, 6.07) is 16.8. The Bertz CT molecular complexity index is 1500. The van der Waals surface area contributed by atoms with E-state index in [1.54, 1.807) is 32.4 Å². The molecular weight excluding hydrogens is 520 g/mol. The van der Waals surface area contributed by atoms with Crippen LogP contribution < -0.4 is 14.8 Å². The number of methoxy groups -OCH3 is 2. The van der Waals surface area contributed by atoms with Crippen LogP contribution in [0.5, 0.6) is 11.5 Å². The van der Waals surface area contributed by atoms with E-state index in [2.05, 4.69) is 40.2 Å². The summed E-state index contributed by atoms with van der Waals surface area (Å²) in [5, 5.41) is 4.81. The van der Waals surface area contributed by atoms with E-state index in [9.17, 15) is 4.79 Å². The normalized spacial score (nSPS) is 16.7. The molecule has 7 nitrogen and oxygen atoms in total. The molecule has 2 amide bonds. The average Bonchev–Trinajstić information content (AvgIpc) is 3.50. The fourth-order valence-corrected chi connectivity index (χ4v) is 7.07. The highest BCUT2D eigenvalue weighted by Gasteiger charge is 2.36. The number of likely N-dealkylation sites (N-methyl/N-ethyl adjacent to an activating group) is 1. The van der Waals surface area contributed by atoms with Gasteiger partial charge in [0.1, 0.15) is 16.5 Å². The van der Waals surface area contributed by atoms with Gasteiger partial charge in [-0.3, -0.25) is 0 Å². The van der Waals surface area contributed by atoms with E-state index < -0.39 is 0 Å². The van der Waals surface area contributed by atoms with Gasteiger partial charge in [0, 0.05) is 34.7 Å². The van der Waals surface area contributed by atoms with Crippen molar-refractivity contribution in [3.05, 3.63) is 93.1 Å². The summed E-state index contributed by atoms with van der Waals surface area (Å²) in [4.78, 5) is 19.8. The first kappa shape index (κ1) is 24.9. The predicted molar refractivity (Wildman–Crippen MR) is 151 cm³/mol. The number of fused-ring (bicyclic) bond motifs is 5. The molecule has 2 aromatic heterocycles. The van der Waals surface area contributed by atoms with Crippen LogP contribution in [0.3, 0.4) is 0 Å². The van der Waals surface area contributed by atoms with Crippen molar-refractivity contribution in [2.45, 2.75) is 25.6 Å². The van der Waals surface area contributed by atoms with Crippen LogP contribution in [-0.4, -0.2) is 48.2 Å². The van der Waals surface area contributed by atoms with Crippen LogP contribution in [0.25, 0.3) is 5.00 Å². The van der Waals surface area contributed by atoms with E-state index in [1.165, 1.54) is 21.0 Å². The Hall–Kier alpha value is -3.46. The van der Waals surface area contributed by atoms with Gasteiger partial charge in [-0.1, -0.05) is 23.7 Å². The van der Waals surface area contributed by atoms with E-state index in [4.69, 9.17) is 21.1 Å². The number of rotatable bonds is 4. The molecule has 6 rings (SSSR count). The minimum atomic E-state index is -0.317. The molecule has 196 valence electrons. The molecule has 0 bridgehead atoms. The van der Waals surface area contributed by atoms with Crippen molar-refractivity contribution in [3.63, 3.8) is 0 Å². The summed E-state index contributed by atoms with van der Waals surface area (Å²) < 4.78 is 13.2. The number of hydrogen-bond donors (Lipinski definition) is 1. The van der Waals surface area contributed by atoms with Crippen LogP contribution >= 0.6 is 22.9 Å². The number of hydrogen-bond acceptors (Lipinski definition) is 5. The van der Waals surface area contributed by atoms with E-state index in [0.29, 0.717) is 23.0 Å². The second-order valence-corrected chi connectivity index (χ2v) is 11.2. The second-order valence-electron chi connectivity index (χ2n) is 9.66. The van der Waals surface area contributed by atoms with Gasteiger partial charge in [0.05, 0.1) is 38.2 Å². The Balaban J connectivity index is 1.49. The van der Waals surface area contributed by atoms with Gasteiger partial charge >= 0.3 is 6.03 Å². The van der Waals surface area contributed by atoms with Gasteiger partial charge in [-0.05, 0) is 67.1 Å². The Morgan fingerprint density at radius 2 is 1.87 bits per heavy atom. The lowest BCUT2D eigenvalue weighted by molar-refractivity contribution is 0.194. The maximum atomic E-state index is 14.2. The van der Waals surface area contributed by atoms with Gasteiger partial charge in [-0.2, -0.15) is 0 Å². The molecule has 2 aliphatic rings. The number of carbonyl (C=O) groups is 1. The number of carbonyl (C=O) groups excluding carboxylic acids is 1. The number of thiophene rings is 1. The van der Waals surface area contributed by atoms with E-state index in [0.717, 1.165) is 36.5 Å². The molecule has 0 unspecified atom stereocenters. The number of nitrogens with zero attached hydrogens (tertiary/aromatic N) is 3. The number of benzene rings is 2. The van der Waals surface area contributed by atoms with Crippen LogP contribution in [-0.2, 0) is 19.5 Å². The minimum Gasteiger partial charge on any atom is -0.497 e. The fraction of sp³-hybridized carbons (Fsp3) is 0.276. The monoisotopic (exact) mass is 548 g/mol. The Morgan fingerprint density at radius 3 is 2.63 bits per heavy atom. The highest BCUT2D eigenvalue weighted by molar-refractivity contribution is 7.15. The topological polar surface area (TPSA) is 59.0 Å². The van der Waals surface area contributed by atoms with E-state index in [-0.39, 0.29) is 12.1 Å². The molecule has 0 fully saturated rings. The first-order chi connectivity index (χ1) is 18.5. The van der Waals surface area contributed by atoms with Crippen molar-refractivity contribution < 1.29 is 14.3 Å². The highest BCUT2D eigenvalue weighted by Crippen LogP contribution is 2.44. The summed E-state index contributed by atoms with van der Waals surface area (Å²) in [6.07, 6.45) is 3.08. The third kappa shape index (κ3) is 4.32. The molecular formula is C29H29ClN4O3S. The van der Waals surface area contributed by atoms with E-state index in [1.807, 2.05) is 40.5 Å². The summed E-state index contributed by atoms with van der Waals surface area (Å²) in [5.41, 5.74) is 5.17. The third-order valence-electron chi connectivity index (χ3n) is 7.35. The number of amides is 2. The Morgan fingerprint density at radius 1 is 1.05 bits per heavy atom. The number of nitrogens with one attached hydrogen (secondary N) is 1. The zero-order chi connectivity index (χ0) is 26.4. The van der Waals surface area contributed by atoms with Gasteiger partial charge in [-0.25, -0.2) is 4.79 Å². The lowest BCUT2D eigenvalue weighted by Crippen LogP contribution is -2.38. The highest BCUT2D eigenvalue weighted by atomic mass is 35.5. The predicted octanol–water partition coefficient (Wildman–Crippen LogP) is 6.33. The molecule has 1 N–H and O–H groups in total. The van der Waals surface area contributed by atoms with E-state index >= 15 is 0 Å². The lowest BCUT2D eigenvalue weighted by Gasteiger charge is -2.32. The summed E-state index contributed by atoms with van der Waals surface area (Å²) >= 11 is 8.12. The number of anilines is 1. The van der Waals surface area contributed by atoms with Gasteiger partial charge in [0.25, 0.3) is 0 Å². The van der Waals surface area contributed by atoms with Crippen molar-refractivity contribution in [1.29, 1.82) is 0 Å². The molecule has 0 saturated heterocycles. The third-order valence-corrected chi connectivity index (χ3v) is 8.84. The zero-order valence-electron chi connectivity index (χ0n) is 21.5. The molecule has 0 spiro atoms. The molecule has 0 saturated carbocycles. The zero-order valence-corrected chi connectivity index (χ0v) is 23.1. The quantitative estimate of drug-likeness (QED) is 0.323. The number of aromatic nitrogens is 1. The minimum absolute atomic E-state index is 0.222. The van der Waals surface area contributed by atoms with Crippen molar-refractivity contribution in [3.8, 4) is 16.5 Å². The number of halogens is 1. The van der Waals surface area contributed by atoms with Crippen molar-refractivity contribution >= 4 is 34.7 Å². The van der Waals surface area contributed by atoms with Crippen LogP contribution in [0.4, 0.5) is 10.5 Å². The smallest absolute Gasteiger partial charge is 0.323 e. The molecule has 9 heteroatoms. The maximum Gasteiger partial charge on any atom is 0.323 e. The van der Waals surface area contributed by atoms with Gasteiger partial charge in [0.15, 0.2) is 0 Å². The maximum absolute atomic E-state index is 14.2. The van der Waals surface area contributed by atoms with Crippen molar-refractivity contribution in [2.24, 2.45) is 0 Å². The summed E-state index contributed by atoms with van der Waals surface area (Å²) in [5.74, 6) is 1.33. The molecule has 0 radical (unpaired) electrons. The molecule has 4 heterocycles. The molecule has 2 aliphatic heterocycles. The van der Waals surface area contributed by atoms with Crippen LogP contribution in [0, 0.1) is 0 Å². The van der Waals surface area contributed by atoms with Gasteiger partial charge in [-0.15, -0.1) is 11.3 Å². The molecule has 0 aliphatic carbocycles. The average molecular weight is 549 g/mol. The van der Waals surface area contributed by atoms with Crippen LogP contribution in [0.2, 0.25) is 5.02 Å². The lowest BCUT2D eigenvalue weighted by atomic mass is 10.00. The largest absolute Gasteiger partial charge is 0.497 e. The van der Waals surface area contributed by atoms with Crippen molar-refractivity contribution in [2.75, 3.05) is 33.1 Å². The first-order valence-corrected chi connectivity index (χ1v) is 13.7. The number of ether oxygens (including phenoxy) is 2. The SMILES string of the molecule is COc1ccc([C@@H]2c3cccn3-c3sc4c(c3CN2C(=O)Nc2cc(Cl)ccc2OC)CCN(C)C4)cc1. The Labute approximate surface area is 231 Å². The second kappa shape index (κ2) is 10.0. The first-order valence-electron chi connectivity index (χ1n) is 12.5. The number of urea groups is 1. The molecule has 1 atom stereocenters. The Kier molecular flexibility index (Phi) is 6.55. The van der Waals surface area contributed by atoms with Gasteiger partial charge < -0.3 is 29.2 Å².